The highest BCUT2D eigenvalue weighted by Gasteiger charge is 2.51. The third-order valence-electron chi connectivity index (χ3n) is 4.94. The van der Waals surface area contributed by atoms with Gasteiger partial charge in [-0.1, -0.05) is 24.3 Å². The number of carbonyl (C=O) groups is 1. The molecule has 0 radical (unpaired) electrons. The van der Waals surface area contributed by atoms with E-state index in [0.717, 1.165) is 35.2 Å². The lowest BCUT2D eigenvalue weighted by atomic mass is 9.93. The van der Waals surface area contributed by atoms with Crippen LogP contribution in [0.5, 0.6) is 0 Å². The number of fused-ring (bicyclic) bond motifs is 1. The molecule has 0 bridgehead atoms. The highest BCUT2D eigenvalue weighted by molar-refractivity contribution is 6.01. The van der Waals surface area contributed by atoms with E-state index >= 15 is 0 Å². The van der Waals surface area contributed by atoms with E-state index in [4.69, 9.17) is 11.5 Å². The Morgan fingerprint density at radius 1 is 1.23 bits per heavy atom. The highest BCUT2D eigenvalue weighted by Crippen LogP contribution is 2.50. The van der Waals surface area contributed by atoms with Gasteiger partial charge in [-0.15, -0.1) is 0 Å². The smallest absolute Gasteiger partial charge is 0.235 e. The maximum Gasteiger partial charge on any atom is 0.235 e. The Bertz CT molecular complexity index is 928. The fraction of sp³-hybridized carbons (Fsp3) is 0.250. The van der Waals surface area contributed by atoms with E-state index in [1.165, 1.54) is 0 Å². The molecule has 1 aromatic carbocycles. The third kappa shape index (κ3) is 2.99. The van der Waals surface area contributed by atoms with Crippen molar-refractivity contribution in [2.24, 2.45) is 16.5 Å². The summed E-state index contributed by atoms with van der Waals surface area (Å²) in [6.07, 6.45) is 9.63. The van der Waals surface area contributed by atoms with Crippen LogP contribution in [0.3, 0.4) is 0 Å². The maximum absolute atomic E-state index is 13.0. The van der Waals surface area contributed by atoms with Gasteiger partial charge in [0.05, 0.1) is 23.0 Å². The van der Waals surface area contributed by atoms with Gasteiger partial charge in [0.15, 0.2) is 0 Å². The van der Waals surface area contributed by atoms with Gasteiger partial charge in [0.1, 0.15) is 5.84 Å². The number of aromatic nitrogens is 1. The minimum absolute atomic E-state index is 0.0189. The molecule has 1 aromatic heterocycles. The Balaban J connectivity index is 1.62. The molecule has 1 saturated carbocycles. The number of amidine groups is 1. The fourth-order valence-corrected chi connectivity index (χ4v) is 3.28. The van der Waals surface area contributed by atoms with Crippen LogP contribution < -0.4 is 16.8 Å². The molecule has 0 saturated heterocycles. The zero-order valence-electron chi connectivity index (χ0n) is 14.4. The van der Waals surface area contributed by atoms with Crippen LogP contribution in [0.25, 0.3) is 6.08 Å². The van der Waals surface area contributed by atoms with E-state index in [1.54, 1.807) is 12.4 Å². The molecule has 2 aromatic rings. The molecule has 5 N–H and O–H groups in total. The van der Waals surface area contributed by atoms with Crippen molar-refractivity contribution in [1.82, 2.24) is 4.98 Å². The summed E-state index contributed by atoms with van der Waals surface area (Å²) >= 11 is 0. The van der Waals surface area contributed by atoms with Crippen molar-refractivity contribution in [3.8, 4) is 0 Å². The number of aliphatic imine (C=N–C) groups is 1. The first-order valence-electron chi connectivity index (χ1n) is 8.70. The summed E-state index contributed by atoms with van der Waals surface area (Å²) in [6, 6.07) is 7.86. The lowest BCUT2D eigenvalue weighted by Crippen LogP contribution is -2.28. The second-order valence-electron chi connectivity index (χ2n) is 6.81. The molecule has 6 nitrogen and oxygen atoms in total. The predicted octanol–water partition coefficient (Wildman–Crippen LogP) is 2.62. The first kappa shape index (κ1) is 16.5. The van der Waals surface area contributed by atoms with Crippen molar-refractivity contribution in [3.05, 3.63) is 59.4 Å². The normalized spacial score (nSPS) is 17.0. The molecule has 6 heteroatoms. The van der Waals surface area contributed by atoms with E-state index in [-0.39, 0.29) is 5.91 Å². The summed E-state index contributed by atoms with van der Waals surface area (Å²) in [7, 11) is 0. The van der Waals surface area contributed by atoms with Gasteiger partial charge >= 0.3 is 0 Å². The molecule has 1 aliphatic heterocycles. The second kappa shape index (κ2) is 6.38. The number of anilines is 1. The molecule has 0 atom stereocenters. The van der Waals surface area contributed by atoms with Gasteiger partial charge in [0, 0.05) is 19.2 Å². The third-order valence-corrected chi connectivity index (χ3v) is 4.94. The monoisotopic (exact) mass is 347 g/mol. The van der Waals surface area contributed by atoms with Crippen LogP contribution in [-0.4, -0.2) is 16.7 Å². The summed E-state index contributed by atoms with van der Waals surface area (Å²) in [5.41, 5.74) is 15.4. The molecule has 4 rings (SSSR count). The van der Waals surface area contributed by atoms with Crippen LogP contribution in [0, 0.1) is 0 Å². The second-order valence-corrected chi connectivity index (χ2v) is 6.81. The van der Waals surface area contributed by atoms with Crippen molar-refractivity contribution >= 4 is 29.2 Å². The molecular weight excluding hydrogens is 326 g/mol. The zero-order chi connectivity index (χ0) is 18.1. The summed E-state index contributed by atoms with van der Waals surface area (Å²) < 4.78 is 0. The zero-order valence-corrected chi connectivity index (χ0v) is 14.4. The standard InChI is InChI=1S/C20H21N5O/c21-10-13-8-16(12-23-11-13)24-19(26)20(6-7-20)15-5-4-14-2-1-3-18(22)25-17(14)9-15/h1-2,4-5,8-9,11-12H,3,6-7,10,21H2,(H2,22,25)(H,24,26). The number of amides is 1. The number of rotatable bonds is 4. The fourth-order valence-electron chi connectivity index (χ4n) is 3.28. The first-order chi connectivity index (χ1) is 12.6. The summed E-state index contributed by atoms with van der Waals surface area (Å²) in [6.45, 7) is 0.389. The number of nitrogens with zero attached hydrogens (tertiary/aromatic N) is 2. The molecule has 1 fully saturated rings. The summed E-state index contributed by atoms with van der Waals surface area (Å²) in [5.74, 6) is 0.561. The lowest BCUT2D eigenvalue weighted by Gasteiger charge is -2.17. The molecule has 2 aliphatic rings. The van der Waals surface area contributed by atoms with Gasteiger partial charge in [-0.2, -0.15) is 0 Å². The van der Waals surface area contributed by atoms with Crippen LogP contribution in [-0.2, 0) is 16.8 Å². The van der Waals surface area contributed by atoms with Gasteiger partial charge in [0.25, 0.3) is 0 Å². The van der Waals surface area contributed by atoms with Gasteiger partial charge < -0.3 is 16.8 Å². The Morgan fingerprint density at radius 2 is 2.08 bits per heavy atom. The summed E-state index contributed by atoms with van der Waals surface area (Å²) in [5, 5.41) is 2.99. The molecule has 2 heterocycles. The molecule has 26 heavy (non-hydrogen) atoms. The van der Waals surface area contributed by atoms with Gasteiger partial charge in [-0.05, 0) is 41.7 Å². The molecule has 1 aliphatic carbocycles. The summed E-state index contributed by atoms with van der Waals surface area (Å²) in [4.78, 5) is 21.6. The van der Waals surface area contributed by atoms with Crippen molar-refractivity contribution in [2.45, 2.75) is 31.2 Å². The minimum atomic E-state index is -0.506. The van der Waals surface area contributed by atoms with Gasteiger partial charge in [0.2, 0.25) is 5.91 Å². The topological polar surface area (TPSA) is 106 Å². The van der Waals surface area contributed by atoms with Crippen LogP contribution in [0.2, 0.25) is 0 Å². The number of hydrogen-bond acceptors (Lipinski definition) is 5. The number of nitrogens with two attached hydrogens (primary N) is 2. The van der Waals surface area contributed by atoms with E-state index in [0.29, 0.717) is 24.5 Å². The van der Waals surface area contributed by atoms with Crippen molar-refractivity contribution < 1.29 is 4.79 Å². The van der Waals surface area contributed by atoms with Crippen LogP contribution in [0.1, 0.15) is 36.0 Å². The van der Waals surface area contributed by atoms with Gasteiger partial charge in [-0.25, -0.2) is 4.99 Å². The van der Waals surface area contributed by atoms with Gasteiger partial charge in [-0.3, -0.25) is 9.78 Å². The Kier molecular flexibility index (Phi) is 4.05. The number of carbonyl (C=O) groups excluding carboxylic acids is 1. The average Bonchev–Trinajstić information content (AvgIpc) is 3.46. The molecule has 1 amide bonds. The largest absolute Gasteiger partial charge is 0.387 e. The van der Waals surface area contributed by atoms with E-state index < -0.39 is 5.41 Å². The predicted molar refractivity (Wildman–Crippen MR) is 103 cm³/mol. The molecule has 0 unspecified atom stereocenters. The van der Waals surface area contributed by atoms with Crippen molar-refractivity contribution in [2.75, 3.05) is 5.32 Å². The van der Waals surface area contributed by atoms with E-state index in [9.17, 15) is 4.79 Å². The highest BCUT2D eigenvalue weighted by atomic mass is 16.2. The maximum atomic E-state index is 13.0. The lowest BCUT2D eigenvalue weighted by molar-refractivity contribution is -0.118. The van der Waals surface area contributed by atoms with Crippen molar-refractivity contribution in [1.29, 1.82) is 0 Å². The van der Waals surface area contributed by atoms with Crippen molar-refractivity contribution in [3.63, 3.8) is 0 Å². The Labute approximate surface area is 152 Å². The number of pyridine rings is 1. The number of hydrogen-bond donors (Lipinski definition) is 3. The number of nitrogens with one attached hydrogen (secondary N) is 1. The van der Waals surface area contributed by atoms with Crippen LogP contribution in [0.4, 0.5) is 11.4 Å². The molecule has 0 spiro atoms. The molecule has 132 valence electrons. The van der Waals surface area contributed by atoms with E-state index in [1.807, 2.05) is 36.4 Å². The Hall–Kier alpha value is -2.99. The quantitative estimate of drug-likeness (QED) is 0.790. The Morgan fingerprint density at radius 3 is 2.85 bits per heavy atom. The number of benzene rings is 1. The van der Waals surface area contributed by atoms with E-state index in [2.05, 4.69) is 15.3 Å². The molecular formula is C20H21N5O. The van der Waals surface area contributed by atoms with Crippen LogP contribution >= 0.6 is 0 Å². The average molecular weight is 347 g/mol. The SMILES string of the molecule is NCc1cncc(NC(=O)C2(c3ccc4c(c3)N=C(N)CC=C4)CC2)c1. The van der Waals surface area contributed by atoms with Crippen LogP contribution in [0.15, 0.2) is 47.7 Å². The first-order valence-corrected chi connectivity index (χ1v) is 8.70. The minimum Gasteiger partial charge on any atom is -0.387 e.